The quantitative estimate of drug-likeness (QED) is 0.0373. The summed E-state index contributed by atoms with van der Waals surface area (Å²) in [5.74, 6) is -3.19. The number of hydrogen-bond acceptors (Lipinski definition) is 4. The lowest BCUT2D eigenvalue weighted by molar-refractivity contribution is -0.167. The maximum absolute atomic E-state index is 14.0. The number of carboxylic acids is 1. The molecule has 0 aliphatic rings. The van der Waals surface area contributed by atoms with Gasteiger partial charge in [-0.15, -0.1) is 0 Å². The highest BCUT2D eigenvalue weighted by molar-refractivity contribution is 6.28. The molecule has 0 aromatic carbocycles. The minimum absolute atomic E-state index is 0.00635. The molecule has 63 heavy (non-hydrogen) atoms. The van der Waals surface area contributed by atoms with E-state index in [-0.39, 0.29) is 19.3 Å². The van der Waals surface area contributed by atoms with Crippen LogP contribution in [-0.4, -0.2) is 46.0 Å². The van der Waals surface area contributed by atoms with Crippen molar-refractivity contribution in [2.45, 2.75) is 296 Å². The molecule has 0 aliphatic carbocycles. The summed E-state index contributed by atoms with van der Waals surface area (Å²) in [4.78, 5) is 55.7. The van der Waals surface area contributed by atoms with E-state index in [9.17, 15) is 24.3 Å². The smallest absolute Gasteiger partial charge is 0.345 e. The van der Waals surface area contributed by atoms with Gasteiger partial charge in [0.25, 0.3) is 5.54 Å². The molecule has 0 unspecified atom stereocenters. The Bertz CT molecular complexity index is 1120. The van der Waals surface area contributed by atoms with Gasteiger partial charge in [0, 0.05) is 26.3 Å². The molecule has 0 fully saturated rings. The average molecular weight is 882 g/mol. The Balaban J connectivity index is 4.98. The first kappa shape index (κ1) is 60.5. The van der Waals surface area contributed by atoms with Gasteiger partial charge < -0.3 is 10.0 Å². The van der Waals surface area contributed by atoms with Crippen molar-refractivity contribution < 1.29 is 24.3 Å². The molecule has 0 bridgehead atoms. The number of aliphatic carboxylic acids is 1. The number of rotatable bonds is 49. The molecule has 1 N–H and O–H groups in total. The molecular formula is C57H103NO5. The topological polar surface area (TPSA) is 91.8 Å². The maximum Gasteiger partial charge on any atom is 0.345 e. The zero-order chi connectivity index (χ0) is 46.3. The van der Waals surface area contributed by atoms with Gasteiger partial charge in [0.1, 0.15) is 0 Å². The summed E-state index contributed by atoms with van der Waals surface area (Å²) in [6.45, 7) is 6.75. The third-order valence-electron chi connectivity index (χ3n) is 13.0. The van der Waals surface area contributed by atoms with Crippen LogP contribution in [-0.2, 0) is 19.2 Å². The van der Waals surface area contributed by atoms with Crippen LogP contribution in [0.25, 0.3) is 0 Å². The van der Waals surface area contributed by atoms with E-state index in [4.69, 9.17) is 0 Å². The summed E-state index contributed by atoms with van der Waals surface area (Å²) in [5, 5.41) is 10.7. The fourth-order valence-electron chi connectivity index (χ4n) is 8.69. The number of carbonyl (C=O) groups excluding carboxylic acids is 3. The molecule has 0 aliphatic heterocycles. The summed E-state index contributed by atoms with van der Waals surface area (Å²) < 4.78 is 0. The summed E-state index contributed by atoms with van der Waals surface area (Å²) >= 11 is 0. The molecule has 0 atom stereocenters. The Labute approximate surface area is 390 Å². The minimum Gasteiger partial charge on any atom is -0.479 e. The van der Waals surface area contributed by atoms with Gasteiger partial charge in [-0.25, -0.2) is 4.79 Å². The first-order valence-electron chi connectivity index (χ1n) is 27.3. The lowest BCUT2D eigenvalue weighted by Crippen LogP contribution is -2.65. The number of likely N-dealkylation sites (N-methyl/N-ethyl adjacent to an activating group) is 1. The number of ketones is 2. The third-order valence-corrected chi connectivity index (χ3v) is 13.0. The largest absolute Gasteiger partial charge is 0.479 e. The molecule has 6 nitrogen and oxygen atoms in total. The van der Waals surface area contributed by atoms with Crippen LogP contribution in [0.4, 0.5) is 0 Å². The van der Waals surface area contributed by atoms with Crippen molar-refractivity contribution in [2.24, 2.45) is 0 Å². The number of allylic oxidation sites excluding steroid dienone is 6. The molecule has 6 heteroatoms. The highest BCUT2D eigenvalue weighted by atomic mass is 16.4. The van der Waals surface area contributed by atoms with Crippen LogP contribution < -0.4 is 0 Å². The Morgan fingerprint density at radius 1 is 0.349 bits per heavy atom. The first-order chi connectivity index (χ1) is 30.8. The van der Waals surface area contributed by atoms with E-state index >= 15 is 0 Å². The number of unbranched alkanes of at least 4 members (excludes halogenated alkanes) is 33. The van der Waals surface area contributed by atoms with Gasteiger partial charge in [-0.1, -0.05) is 211 Å². The predicted octanol–water partition coefficient (Wildman–Crippen LogP) is 17.5. The zero-order valence-corrected chi connectivity index (χ0v) is 42.2. The van der Waals surface area contributed by atoms with Gasteiger partial charge in [0.05, 0.1) is 0 Å². The van der Waals surface area contributed by atoms with Gasteiger partial charge in [-0.2, -0.15) is 0 Å². The van der Waals surface area contributed by atoms with Crippen molar-refractivity contribution in [3.05, 3.63) is 36.5 Å². The molecule has 0 aromatic rings. The summed E-state index contributed by atoms with van der Waals surface area (Å²) in [6.07, 6.45) is 58.0. The Morgan fingerprint density at radius 2 is 0.571 bits per heavy atom. The van der Waals surface area contributed by atoms with Crippen LogP contribution in [0.2, 0.25) is 0 Å². The van der Waals surface area contributed by atoms with Crippen molar-refractivity contribution in [1.82, 2.24) is 4.90 Å². The van der Waals surface area contributed by atoms with Crippen LogP contribution in [0.15, 0.2) is 36.5 Å². The number of carboxylic acid groups (broad SMARTS) is 1. The average Bonchev–Trinajstić information content (AvgIpc) is 3.27. The Hall–Kier alpha value is -2.50. The molecule has 0 rings (SSSR count). The molecule has 0 heterocycles. The second-order valence-corrected chi connectivity index (χ2v) is 18.8. The molecule has 0 spiro atoms. The lowest BCUT2D eigenvalue weighted by Gasteiger charge is -2.36. The van der Waals surface area contributed by atoms with Crippen LogP contribution in [0.5, 0.6) is 0 Å². The standard InChI is InChI=1S/C57H103NO5/c1-5-8-11-14-17-20-23-26-29-32-35-38-41-44-47-50-53(59)57(56(62)63,54(60)51-48-45-42-39-36-33-30-27-24-21-18-15-12-9-6-2)58(4)55(61)52-49-46-43-40-37-34-31-28-25-22-19-16-13-10-7-3/h26-31H,5-25,32-52H2,1-4H3,(H,62,63)/b29-26-,30-27-,31-28-. The van der Waals surface area contributed by atoms with Crippen molar-refractivity contribution in [2.75, 3.05) is 7.05 Å². The van der Waals surface area contributed by atoms with E-state index in [1.807, 2.05) is 0 Å². The number of hydrogen-bond donors (Lipinski definition) is 1. The lowest BCUT2D eigenvalue weighted by atomic mass is 9.82. The highest BCUT2D eigenvalue weighted by Gasteiger charge is 2.56. The first-order valence-corrected chi connectivity index (χ1v) is 27.3. The van der Waals surface area contributed by atoms with Gasteiger partial charge in [-0.05, 0) is 96.3 Å². The van der Waals surface area contributed by atoms with E-state index in [0.717, 1.165) is 114 Å². The van der Waals surface area contributed by atoms with Gasteiger partial charge in [-0.3, -0.25) is 14.4 Å². The molecular weight excluding hydrogens is 779 g/mol. The van der Waals surface area contributed by atoms with Crippen molar-refractivity contribution >= 4 is 23.4 Å². The number of Topliss-reactive ketones (excluding diaryl/α,β-unsaturated/α-hetero) is 2. The van der Waals surface area contributed by atoms with Crippen molar-refractivity contribution in [1.29, 1.82) is 0 Å². The molecule has 0 saturated heterocycles. The van der Waals surface area contributed by atoms with E-state index in [0.29, 0.717) is 19.3 Å². The monoisotopic (exact) mass is 882 g/mol. The normalized spacial score (nSPS) is 12.1. The van der Waals surface area contributed by atoms with E-state index < -0.39 is 29.0 Å². The predicted molar refractivity (Wildman–Crippen MR) is 272 cm³/mol. The van der Waals surface area contributed by atoms with Gasteiger partial charge >= 0.3 is 5.97 Å². The van der Waals surface area contributed by atoms with Gasteiger partial charge in [0.15, 0.2) is 11.6 Å². The highest BCUT2D eigenvalue weighted by Crippen LogP contribution is 2.26. The fourth-order valence-corrected chi connectivity index (χ4v) is 8.69. The SMILES string of the molecule is CCCCCCCC/C=C\CCCCCCCC(=O)N(C)C(C(=O)O)(C(=O)CCCCCCC/C=C\CCCCCCCC)C(=O)CCCCCCC/C=C\CCCCCCCC. The second-order valence-electron chi connectivity index (χ2n) is 18.8. The molecule has 366 valence electrons. The van der Waals surface area contributed by atoms with Crippen LogP contribution >= 0.6 is 0 Å². The molecule has 0 saturated carbocycles. The van der Waals surface area contributed by atoms with Crippen LogP contribution in [0.1, 0.15) is 290 Å². The number of amides is 1. The Morgan fingerprint density at radius 3 is 0.825 bits per heavy atom. The van der Waals surface area contributed by atoms with E-state index in [1.165, 1.54) is 129 Å². The van der Waals surface area contributed by atoms with E-state index in [1.54, 1.807) is 0 Å². The van der Waals surface area contributed by atoms with Crippen LogP contribution in [0, 0.1) is 0 Å². The zero-order valence-electron chi connectivity index (χ0n) is 42.2. The molecule has 1 amide bonds. The molecule has 0 radical (unpaired) electrons. The number of nitrogens with zero attached hydrogens (tertiary/aromatic N) is 1. The summed E-state index contributed by atoms with van der Waals surface area (Å²) in [6, 6.07) is 0. The summed E-state index contributed by atoms with van der Waals surface area (Å²) in [7, 11) is 1.38. The van der Waals surface area contributed by atoms with Gasteiger partial charge in [0.2, 0.25) is 5.91 Å². The number of carbonyl (C=O) groups is 4. The van der Waals surface area contributed by atoms with Crippen molar-refractivity contribution in [3.63, 3.8) is 0 Å². The Kier molecular flexibility index (Phi) is 44.2. The second kappa shape index (κ2) is 46.0. The summed E-state index contributed by atoms with van der Waals surface area (Å²) in [5.41, 5.74) is -2.44. The maximum atomic E-state index is 14.0. The van der Waals surface area contributed by atoms with E-state index in [2.05, 4.69) is 57.2 Å². The third kappa shape index (κ3) is 33.6. The fraction of sp³-hybridized carbons (Fsp3) is 0.825. The van der Waals surface area contributed by atoms with Crippen molar-refractivity contribution in [3.8, 4) is 0 Å². The minimum atomic E-state index is -2.44. The van der Waals surface area contributed by atoms with Crippen LogP contribution in [0.3, 0.4) is 0 Å². The molecule has 0 aromatic heterocycles.